The molecule has 0 aliphatic carbocycles. The molecule has 0 saturated heterocycles. The van der Waals surface area contributed by atoms with Gasteiger partial charge in [-0.3, -0.25) is 24.4 Å². The molecule has 0 unspecified atom stereocenters. The third kappa shape index (κ3) is 11.1. The number of esters is 2. The number of aromatic nitrogens is 2. The van der Waals surface area contributed by atoms with Gasteiger partial charge in [0.05, 0.1) is 32.9 Å². The number of fused-ring (bicyclic) bond motifs is 1. The van der Waals surface area contributed by atoms with E-state index >= 15 is 0 Å². The van der Waals surface area contributed by atoms with Crippen molar-refractivity contribution in [2.75, 3.05) is 19.0 Å². The second-order valence-corrected chi connectivity index (χ2v) is 13.4. The van der Waals surface area contributed by atoms with Crippen LogP contribution >= 0.6 is 46.3 Å². The second-order valence-electron chi connectivity index (χ2n) is 10.7. The monoisotopic (exact) mass is 836 g/mol. The molecule has 1 aliphatic heterocycles. The number of ether oxygens (including phenoxy) is 3. The standard InChI is InChI=1S/C18H13ClF3NO7.C14H13ClFN3O3S2/c1-2-28-16(24)9-29-17(25)12-8-11(4-5-14(12)23(26)27)30-15-6-3-10(7-13(15)19)18(20,21)22;15-8-5-9(16)10(6-11(8)23-7-12(20)21)17-13-18-3-1-2-4-19(18)14(22)24-13/h3-8H,2,9H2,1H3;5-6H,1-4,7H2,(H,20,21). The van der Waals surface area contributed by atoms with E-state index < -0.39 is 58.2 Å². The number of thioether (sulfide) groups is 1. The fourth-order valence-corrected chi connectivity index (χ4v) is 6.66. The fourth-order valence-electron chi connectivity index (χ4n) is 4.57. The molecule has 0 spiro atoms. The lowest BCUT2D eigenvalue weighted by Gasteiger charge is -2.15. The molecule has 0 saturated carbocycles. The first-order valence-electron chi connectivity index (χ1n) is 15.3. The average Bonchev–Trinajstić information content (AvgIpc) is 3.43. The van der Waals surface area contributed by atoms with E-state index in [2.05, 4.69) is 9.73 Å². The highest BCUT2D eigenvalue weighted by molar-refractivity contribution is 8.00. The van der Waals surface area contributed by atoms with Crippen molar-refractivity contribution in [1.29, 1.82) is 0 Å². The van der Waals surface area contributed by atoms with Crippen LogP contribution in [0.5, 0.6) is 11.5 Å². The van der Waals surface area contributed by atoms with Crippen LogP contribution in [0.25, 0.3) is 0 Å². The Kier molecular flexibility index (Phi) is 14.3. The van der Waals surface area contributed by atoms with Crippen molar-refractivity contribution in [2.24, 2.45) is 4.99 Å². The van der Waals surface area contributed by atoms with Gasteiger partial charge >= 0.3 is 29.0 Å². The van der Waals surface area contributed by atoms with Crippen LogP contribution in [0.4, 0.5) is 28.9 Å². The lowest BCUT2D eigenvalue weighted by atomic mass is 10.1. The summed E-state index contributed by atoms with van der Waals surface area (Å²) in [5.41, 5.74) is -2.12. The molecule has 1 N–H and O–H groups in total. The predicted molar refractivity (Wildman–Crippen MR) is 187 cm³/mol. The number of hydrogen-bond donors (Lipinski definition) is 1. The number of rotatable bonds is 11. The summed E-state index contributed by atoms with van der Waals surface area (Å²) < 4.78 is 70.3. The van der Waals surface area contributed by atoms with Gasteiger partial charge in [-0.05, 0) is 67.5 Å². The smallest absolute Gasteiger partial charge is 0.416 e. The molecule has 1 aromatic heterocycles. The molecule has 0 bridgehead atoms. The van der Waals surface area contributed by atoms with Crippen LogP contribution in [0.2, 0.25) is 10.0 Å². The van der Waals surface area contributed by atoms with Gasteiger partial charge in [0.1, 0.15) is 28.6 Å². The van der Waals surface area contributed by atoms with Crippen molar-refractivity contribution in [1.82, 2.24) is 9.36 Å². The lowest BCUT2D eigenvalue weighted by molar-refractivity contribution is -0.385. The molecule has 0 amide bonds. The van der Waals surface area contributed by atoms with Crippen molar-refractivity contribution < 1.29 is 56.2 Å². The quantitative estimate of drug-likeness (QED) is 0.0520. The SMILES string of the molecule is CCOC(=O)COC(=O)c1cc(Oc2ccc(C(F)(F)F)cc2Cl)ccc1[N+](=O)[O-].O=C(O)CSc1cc(N=c2sc(=O)n3n2CCCC3)c(F)cc1Cl. The Balaban J connectivity index is 0.000000246. The molecule has 288 valence electrons. The number of carbonyl (C=O) groups excluding carboxylic acids is 2. The number of carboxylic acid groups (broad SMARTS) is 1. The summed E-state index contributed by atoms with van der Waals surface area (Å²) in [6.07, 6.45) is -2.74. The summed E-state index contributed by atoms with van der Waals surface area (Å²) in [5, 5.41) is 19.7. The van der Waals surface area contributed by atoms with Gasteiger partial charge in [-0.1, -0.05) is 23.2 Å². The summed E-state index contributed by atoms with van der Waals surface area (Å²) in [6.45, 7) is 2.12. The van der Waals surface area contributed by atoms with E-state index in [4.69, 9.17) is 37.8 Å². The molecular formula is C32H26Cl2F4N4O10S2. The molecular weight excluding hydrogens is 811 g/mol. The zero-order chi connectivity index (χ0) is 39.7. The Morgan fingerprint density at radius 3 is 2.37 bits per heavy atom. The van der Waals surface area contributed by atoms with Crippen molar-refractivity contribution in [2.45, 2.75) is 43.9 Å². The van der Waals surface area contributed by atoms with Crippen LogP contribution in [-0.2, 0) is 38.3 Å². The van der Waals surface area contributed by atoms with E-state index in [0.717, 1.165) is 72.3 Å². The van der Waals surface area contributed by atoms with E-state index in [1.54, 1.807) is 9.36 Å². The molecule has 1 aliphatic rings. The van der Waals surface area contributed by atoms with Gasteiger partial charge in [-0.15, -0.1) is 11.8 Å². The highest BCUT2D eigenvalue weighted by atomic mass is 35.5. The molecule has 5 rings (SSSR count). The van der Waals surface area contributed by atoms with E-state index in [1.807, 2.05) is 0 Å². The maximum absolute atomic E-state index is 14.2. The number of nitro benzene ring substituents is 1. The largest absolute Gasteiger partial charge is 0.481 e. The molecule has 3 aromatic carbocycles. The minimum atomic E-state index is -4.61. The number of nitrogens with zero attached hydrogens (tertiary/aromatic N) is 4. The van der Waals surface area contributed by atoms with Crippen molar-refractivity contribution in [3.05, 3.63) is 100 Å². The first kappa shape index (κ1) is 41.8. The molecule has 22 heteroatoms. The number of benzene rings is 3. The minimum Gasteiger partial charge on any atom is -0.481 e. The zero-order valence-corrected chi connectivity index (χ0v) is 30.7. The van der Waals surface area contributed by atoms with Crippen LogP contribution in [0.3, 0.4) is 0 Å². The van der Waals surface area contributed by atoms with Gasteiger partial charge in [0, 0.05) is 30.1 Å². The maximum Gasteiger partial charge on any atom is 0.416 e. The molecule has 2 heterocycles. The topological polar surface area (TPSA) is 182 Å². The van der Waals surface area contributed by atoms with E-state index in [-0.39, 0.29) is 44.5 Å². The highest BCUT2D eigenvalue weighted by Gasteiger charge is 2.31. The third-order valence-corrected chi connectivity index (χ3v) is 9.59. The Bertz CT molecular complexity index is 2210. The van der Waals surface area contributed by atoms with Crippen molar-refractivity contribution >= 4 is 75.6 Å². The first-order valence-corrected chi connectivity index (χ1v) is 17.9. The number of aliphatic carboxylic acids is 1. The van der Waals surface area contributed by atoms with E-state index in [9.17, 15) is 46.9 Å². The Hall–Kier alpha value is -4.92. The summed E-state index contributed by atoms with van der Waals surface area (Å²) in [7, 11) is 0. The van der Waals surface area contributed by atoms with Crippen LogP contribution in [0.1, 0.15) is 35.7 Å². The molecule has 0 radical (unpaired) electrons. The molecule has 0 fully saturated rings. The van der Waals surface area contributed by atoms with E-state index in [0.29, 0.717) is 28.9 Å². The second kappa shape index (κ2) is 18.4. The van der Waals surface area contributed by atoms with E-state index in [1.165, 1.54) is 13.0 Å². The minimum absolute atomic E-state index is 0.0370. The molecule has 54 heavy (non-hydrogen) atoms. The number of alkyl halides is 3. The highest BCUT2D eigenvalue weighted by Crippen LogP contribution is 2.37. The predicted octanol–water partition coefficient (Wildman–Crippen LogP) is 7.49. The Morgan fingerprint density at radius 2 is 1.74 bits per heavy atom. The van der Waals surface area contributed by atoms with Gasteiger partial charge in [0.15, 0.2) is 6.61 Å². The summed E-state index contributed by atoms with van der Waals surface area (Å²) in [5.74, 6) is -4.15. The van der Waals surface area contributed by atoms with Crippen LogP contribution in [0, 0.1) is 15.9 Å². The van der Waals surface area contributed by atoms with Gasteiger partial charge in [0.25, 0.3) is 5.69 Å². The molecule has 0 atom stereocenters. The third-order valence-electron chi connectivity index (χ3n) is 6.96. The van der Waals surface area contributed by atoms with Gasteiger partial charge < -0.3 is 19.3 Å². The molecule has 4 aromatic rings. The maximum atomic E-state index is 14.2. The average molecular weight is 838 g/mol. The number of nitro groups is 1. The Labute approximate surface area is 319 Å². The summed E-state index contributed by atoms with van der Waals surface area (Å²) in [4.78, 5) is 61.4. The number of carboxylic acids is 1. The number of carbonyl (C=O) groups is 3. The zero-order valence-electron chi connectivity index (χ0n) is 27.6. The van der Waals surface area contributed by atoms with Crippen LogP contribution in [-0.4, -0.2) is 56.3 Å². The van der Waals surface area contributed by atoms with Crippen molar-refractivity contribution in [3.8, 4) is 11.5 Å². The van der Waals surface area contributed by atoms with Gasteiger partial charge in [0.2, 0.25) is 4.80 Å². The number of hydrogen-bond acceptors (Lipinski definition) is 12. The summed E-state index contributed by atoms with van der Waals surface area (Å²) >= 11 is 13.7. The normalized spacial score (nSPS) is 12.6. The van der Waals surface area contributed by atoms with Gasteiger partial charge in [-0.25, -0.2) is 23.7 Å². The van der Waals surface area contributed by atoms with Crippen LogP contribution < -0.4 is 14.4 Å². The lowest BCUT2D eigenvalue weighted by Crippen LogP contribution is -2.31. The summed E-state index contributed by atoms with van der Waals surface area (Å²) in [6, 6.07) is 7.88. The fraction of sp³-hybridized carbons (Fsp3) is 0.281. The van der Waals surface area contributed by atoms with Gasteiger partial charge in [-0.2, -0.15) is 13.2 Å². The first-order chi connectivity index (χ1) is 25.5. The Morgan fingerprint density at radius 1 is 1.04 bits per heavy atom. The van der Waals surface area contributed by atoms with Crippen LogP contribution in [0.15, 0.2) is 63.2 Å². The number of halogens is 6. The molecule has 14 nitrogen and oxygen atoms in total. The van der Waals surface area contributed by atoms with Crippen molar-refractivity contribution in [3.63, 3.8) is 0 Å².